The first-order valence-electron chi connectivity index (χ1n) is 5.51. The molecule has 1 rings (SSSR count). The van der Waals surface area contributed by atoms with Crippen LogP contribution in [0.2, 0.25) is 0 Å². The Morgan fingerprint density at radius 1 is 1.22 bits per heavy atom. The summed E-state index contributed by atoms with van der Waals surface area (Å²) in [6, 6.07) is 6.28. The third-order valence-corrected chi connectivity index (χ3v) is 2.16. The highest BCUT2D eigenvalue weighted by molar-refractivity contribution is 5.99. The number of carboxylic acid groups (broad SMARTS) is 1. The SMILES string of the molecule is CN(C(=O)OC(C)(C)C)c1ccccc1C(=O)O. The van der Waals surface area contributed by atoms with Crippen LogP contribution in [0.25, 0.3) is 0 Å². The maximum Gasteiger partial charge on any atom is 0.414 e. The number of hydrogen-bond acceptors (Lipinski definition) is 3. The summed E-state index contributed by atoms with van der Waals surface area (Å²) in [5.41, 5.74) is -0.256. The second-order valence-corrected chi connectivity index (χ2v) is 4.86. The summed E-state index contributed by atoms with van der Waals surface area (Å²) in [6.07, 6.45) is -0.587. The first-order valence-corrected chi connectivity index (χ1v) is 5.51. The van der Waals surface area contributed by atoms with Gasteiger partial charge in [-0.1, -0.05) is 12.1 Å². The van der Waals surface area contributed by atoms with E-state index in [9.17, 15) is 9.59 Å². The predicted molar refractivity (Wildman–Crippen MR) is 68.0 cm³/mol. The van der Waals surface area contributed by atoms with Gasteiger partial charge in [0.1, 0.15) is 5.60 Å². The fraction of sp³-hybridized carbons (Fsp3) is 0.385. The minimum atomic E-state index is -1.08. The number of rotatable bonds is 2. The van der Waals surface area contributed by atoms with Crippen molar-refractivity contribution < 1.29 is 19.4 Å². The molecule has 0 aromatic heterocycles. The molecular formula is C13H17NO4. The molecule has 5 heteroatoms. The van der Waals surface area contributed by atoms with Gasteiger partial charge in [-0.2, -0.15) is 0 Å². The van der Waals surface area contributed by atoms with Crippen molar-refractivity contribution in [1.29, 1.82) is 0 Å². The predicted octanol–water partition coefficient (Wildman–Crippen LogP) is 2.76. The van der Waals surface area contributed by atoms with Crippen LogP contribution in [-0.4, -0.2) is 29.8 Å². The van der Waals surface area contributed by atoms with Crippen LogP contribution in [0.4, 0.5) is 10.5 Å². The highest BCUT2D eigenvalue weighted by atomic mass is 16.6. The van der Waals surface area contributed by atoms with Crippen molar-refractivity contribution in [2.45, 2.75) is 26.4 Å². The van der Waals surface area contributed by atoms with Crippen LogP contribution in [0.15, 0.2) is 24.3 Å². The first kappa shape index (κ1) is 14.0. The third-order valence-electron chi connectivity index (χ3n) is 2.16. The Balaban J connectivity index is 3.00. The molecule has 98 valence electrons. The van der Waals surface area contributed by atoms with E-state index in [0.717, 1.165) is 0 Å². The molecule has 0 saturated heterocycles. The lowest BCUT2D eigenvalue weighted by molar-refractivity contribution is 0.0589. The minimum absolute atomic E-state index is 0.0610. The zero-order chi connectivity index (χ0) is 13.9. The number of aromatic carboxylic acids is 1. The topological polar surface area (TPSA) is 66.8 Å². The second kappa shape index (κ2) is 5.08. The summed E-state index contributed by atoms with van der Waals surface area (Å²) in [7, 11) is 1.48. The number of para-hydroxylation sites is 1. The molecule has 1 aromatic rings. The molecule has 0 aliphatic rings. The van der Waals surface area contributed by atoms with Crippen molar-refractivity contribution in [1.82, 2.24) is 0 Å². The number of amides is 1. The lowest BCUT2D eigenvalue weighted by Gasteiger charge is -2.25. The van der Waals surface area contributed by atoms with E-state index < -0.39 is 17.7 Å². The van der Waals surface area contributed by atoms with Gasteiger partial charge in [-0.3, -0.25) is 4.90 Å². The number of carbonyl (C=O) groups is 2. The average Bonchev–Trinajstić information content (AvgIpc) is 2.25. The maximum absolute atomic E-state index is 11.8. The van der Waals surface area contributed by atoms with E-state index in [1.54, 1.807) is 39.0 Å². The summed E-state index contributed by atoms with van der Waals surface area (Å²) in [5.74, 6) is -1.08. The van der Waals surface area contributed by atoms with Crippen LogP contribution in [0.3, 0.4) is 0 Å². The Labute approximate surface area is 106 Å². The van der Waals surface area contributed by atoms with Crippen molar-refractivity contribution in [3.05, 3.63) is 29.8 Å². The molecule has 0 aliphatic carbocycles. The molecular weight excluding hydrogens is 234 g/mol. The van der Waals surface area contributed by atoms with Gasteiger partial charge in [0.2, 0.25) is 0 Å². The highest BCUT2D eigenvalue weighted by Crippen LogP contribution is 2.21. The number of carboxylic acids is 1. The number of anilines is 1. The fourth-order valence-electron chi connectivity index (χ4n) is 1.38. The van der Waals surface area contributed by atoms with Gasteiger partial charge >= 0.3 is 12.1 Å². The lowest BCUT2D eigenvalue weighted by Crippen LogP contribution is -2.34. The van der Waals surface area contributed by atoms with Crippen molar-refractivity contribution in [3.8, 4) is 0 Å². The monoisotopic (exact) mass is 251 g/mol. The standard InChI is InChI=1S/C13H17NO4/c1-13(2,3)18-12(17)14(4)10-8-6-5-7-9(10)11(15)16/h5-8H,1-4H3,(H,15,16). The molecule has 0 atom stereocenters. The highest BCUT2D eigenvalue weighted by Gasteiger charge is 2.23. The van der Waals surface area contributed by atoms with Gasteiger partial charge in [0.15, 0.2) is 0 Å². The minimum Gasteiger partial charge on any atom is -0.478 e. The molecule has 0 radical (unpaired) electrons. The smallest absolute Gasteiger partial charge is 0.414 e. The zero-order valence-corrected chi connectivity index (χ0v) is 10.9. The Kier molecular flexibility index (Phi) is 3.96. The van der Waals surface area contributed by atoms with Crippen LogP contribution in [0, 0.1) is 0 Å². The van der Waals surface area contributed by atoms with Crippen LogP contribution >= 0.6 is 0 Å². The number of carbonyl (C=O) groups excluding carboxylic acids is 1. The van der Waals surface area contributed by atoms with Gasteiger partial charge in [-0.25, -0.2) is 9.59 Å². The van der Waals surface area contributed by atoms with Crippen LogP contribution < -0.4 is 4.90 Å². The van der Waals surface area contributed by atoms with Crippen LogP contribution in [0.1, 0.15) is 31.1 Å². The molecule has 0 unspecified atom stereocenters. The molecule has 0 bridgehead atoms. The summed E-state index contributed by atoms with van der Waals surface area (Å²) < 4.78 is 5.18. The molecule has 0 heterocycles. The molecule has 1 aromatic carbocycles. The van der Waals surface area contributed by atoms with Crippen molar-refractivity contribution in [3.63, 3.8) is 0 Å². The number of benzene rings is 1. The zero-order valence-electron chi connectivity index (χ0n) is 10.9. The largest absolute Gasteiger partial charge is 0.478 e. The van der Waals surface area contributed by atoms with E-state index in [0.29, 0.717) is 5.69 Å². The van der Waals surface area contributed by atoms with Crippen molar-refractivity contribution >= 4 is 17.7 Å². The van der Waals surface area contributed by atoms with Crippen LogP contribution in [0.5, 0.6) is 0 Å². The number of hydrogen-bond donors (Lipinski definition) is 1. The molecule has 0 aliphatic heterocycles. The maximum atomic E-state index is 11.8. The molecule has 0 spiro atoms. The Morgan fingerprint density at radius 3 is 2.28 bits per heavy atom. The van der Waals surface area contributed by atoms with E-state index in [4.69, 9.17) is 9.84 Å². The van der Waals surface area contributed by atoms with E-state index in [1.807, 2.05) is 0 Å². The Hall–Kier alpha value is -2.04. The quantitative estimate of drug-likeness (QED) is 0.877. The summed E-state index contributed by atoms with van der Waals surface area (Å²) in [4.78, 5) is 24.1. The van der Waals surface area contributed by atoms with Crippen LogP contribution in [-0.2, 0) is 4.74 Å². The summed E-state index contributed by atoms with van der Waals surface area (Å²) in [6.45, 7) is 5.26. The van der Waals surface area contributed by atoms with Crippen molar-refractivity contribution in [2.24, 2.45) is 0 Å². The number of ether oxygens (including phenoxy) is 1. The normalized spacial score (nSPS) is 10.9. The molecule has 0 fully saturated rings. The second-order valence-electron chi connectivity index (χ2n) is 4.86. The van der Waals surface area contributed by atoms with Crippen molar-refractivity contribution in [2.75, 3.05) is 11.9 Å². The molecule has 1 amide bonds. The Morgan fingerprint density at radius 2 is 1.78 bits per heavy atom. The van der Waals surface area contributed by atoms with Gasteiger partial charge in [0, 0.05) is 7.05 Å². The average molecular weight is 251 g/mol. The molecule has 1 N–H and O–H groups in total. The van der Waals surface area contributed by atoms with Gasteiger partial charge in [-0.15, -0.1) is 0 Å². The van der Waals surface area contributed by atoms with Gasteiger partial charge in [0.25, 0.3) is 0 Å². The molecule has 18 heavy (non-hydrogen) atoms. The third kappa shape index (κ3) is 3.48. The fourth-order valence-corrected chi connectivity index (χ4v) is 1.38. The van der Waals surface area contributed by atoms with E-state index in [-0.39, 0.29) is 5.56 Å². The van der Waals surface area contributed by atoms with Gasteiger partial charge in [-0.05, 0) is 32.9 Å². The number of nitrogens with zero attached hydrogens (tertiary/aromatic N) is 1. The summed E-state index contributed by atoms with van der Waals surface area (Å²) >= 11 is 0. The van der Waals surface area contributed by atoms with E-state index >= 15 is 0 Å². The summed E-state index contributed by atoms with van der Waals surface area (Å²) in [5, 5.41) is 9.05. The molecule has 5 nitrogen and oxygen atoms in total. The van der Waals surface area contributed by atoms with Gasteiger partial charge < -0.3 is 9.84 Å². The first-order chi connectivity index (χ1) is 8.22. The van der Waals surface area contributed by atoms with Gasteiger partial charge in [0.05, 0.1) is 11.3 Å². The van der Waals surface area contributed by atoms with E-state index in [1.165, 1.54) is 18.0 Å². The molecule has 0 saturated carbocycles. The van der Waals surface area contributed by atoms with E-state index in [2.05, 4.69) is 0 Å². The lowest BCUT2D eigenvalue weighted by atomic mass is 10.1. The Bertz CT molecular complexity index is 462.